The van der Waals surface area contributed by atoms with Gasteiger partial charge in [0.15, 0.2) is 0 Å². The minimum absolute atomic E-state index is 0.00677. The van der Waals surface area contributed by atoms with E-state index in [2.05, 4.69) is 5.32 Å². The number of nitrogens with one attached hydrogen (secondary N) is 1. The number of hydrogen-bond donors (Lipinski definition) is 1. The van der Waals surface area contributed by atoms with Gasteiger partial charge in [-0.3, -0.25) is 4.79 Å². The van der Waals surface area contributed by atoms with Crippen LogP contribution >= 0.6 is 23.2 Å². The smallest absolute Gasteiger partial charge is 0.243 e. The Bertz CT molecular complexity index is 655. The monoisotopic (exact) mass is 366 g/mol. The predicted molar refractivity (Wildman–Crippen MR) is 88.8 cm³/mol. The number of halogens is 2. The predicted octanol–water partition coefficient (Wildman–Crippen LogP) is 2.92. The summed E-state index contributed by atoms with van der Waals surface area (Å²) in [6, 6.07) is 4.07. The summed E-state index contributed by atoms with van der Waals surface area (Å²) in [5.74, 6) is -0.363. The summed E-state index contributed by atoms with van der Waals surface area (Å²) >= 11 is 11.7. The highest BCUT2D eigenvalue weighted by atomic mass is 35.5. The van der Waals surface area contributed by atoms with Crippen molar-refractivity contribution in [2.75, 3.05) is 13.1 Å². The summed E-state index contributed by atoms with van der Waals surface area (Å²) in [5, 5.41) is 3.16. The Balaban J connectivity index is 3.02. The molecule has 22 heavy (non-hydrogen) atoms. The molecule has 0 aliphatic heterocycles. The van der Waals surface area contributed by atoms with Gasteiger partial charge in [0.25, 0.3) is 0 Å². The summed E-state index contributed by atoms with van der Waals surface area (Å²) in [5.41, 5.74) is -0.427. The largest absolute Gasteiger partial charge is 0.350 e. The molecule has 0 saturated carbocycles. The van der Waals surface area contributed by atoms with Crippen molar-refractivity contribution in [2.24, 2.45) is 0 Å². The van der Waals surface area contributed by atoms with Crippen molar-refractivity contribution in [2.45, 2.75) is 38.1 Å². The molecule has 5 nitrogen and oxygen atoms in total. The molecule has 0 bridgehead atoms. The van der Waals surface area contributed by atoms with Crippen LogP contribution in [-0.2, 0) is 14.8 Å². The van der Waals surface area contributed by atoms with Crippen LogP contribution in [0.3, 0.4) is 0 Å². The van der Waals surface area contributed by atoms with Gasteiger partial charge < -0.3 is 5.32 Å². The van der Waals surface area contributed by atoms with Crippen LogP contribution in [0, 0.1) is 0 Å². The van der Waals surface area contributed by atoms with Gasteiger partial charge in [-0.1, -0.05) is 30.1 Å². The molecule has 0 radical (unpaired) electrons. The van der Waals surface area contributed by atoms with E-state index in [1.807, 2.05) is 20.8 Å². The van der Waals surface area contributed by atoms with Gasteiger partial charge >= 0.3 is 0 Å². The first-order valence-electron chi connectivity index (χ1n) is 6.73. The highest BCUT2D eigenvalue weighted by Crippen LogP contribution is 2.26. The lowest BCUT2D eigenvalue weighted by Gasteiger charge is -2.24. The van der Waals surface area contributed by atoms with Gasteiger partial charge in [-0.15, -0.1) is 0 Å². The van der Waals surface area contributed by atoms with Gasteiger partial charge in [-0.05, 0) is 39.0 Å². The zero-order valence-electron chi connectivity index (χ0n) is 13.0. The molecule has 0 aromatic heterocycles. The molecule has 1 aromatic rings. The van der Waals surface area contributed by atoms with Crippen LogP contribution in [0.2, 0.25) is 10.0 Å². The first-order chi connectivity index (χ1) is 9.97. The summed E-state index contributed by atoms with van der Waals surface area (Å²) in [6.07, 6.45) is 0. The van der Waals surface area contributed by atoms with Crippen LogP contribution in [0.5, 0.6) is 0 Å². The lowest BCUT2D eigenvalue weighted by atomic mass is 10.1. The van der Waals surface area contributed by atoms with Crippen molar-refractivity contribution in [3.05, 3.63) is 28.2 Å². The highest BCUT2D eigenvalue weighted by Gasteiger charge is 2.27. The Morgan fingerprint density at radius 2 is 1.82 bits per heavy atom. The summed E-state index contributed by atoms with van der Waals surface area (Å²) in [4.78, 5) is 12.0. The normalized spacial score (nSPS) is 12.5. The van der Waals surface area contributed by atoms with Gasteiger partial charge in [0.1, 0.15) is 0 Å². The standard InChI is InChI=1S/C14H20Cl2N2O3S/c1-5-18(9-13(19)17-14(2,3)4)22(20,21)10-6-7-11(15)12(16)8-10/h6-8H,5,9H2,1-4H3,(H,17,19). The van der Waals surface area contributed by atoms with E-state index in [0.29, 0.717) is 0 Å². The maximum absolute atomic E-state index is 12.6. The third-order valence-corrected chi connectivity index (χ3v) is 5.37. The Kier molecular flexibility index (Phi) is 6.27. The minimum atomic E-state index is -3.81. The minimum Gasteiger partial charge on any atom is -0.350 e. The molecule has 8 heteroatoms. The third-order valence-electron chi connectivity index (χ3n) is 2.72. The number of benzene rings is 1. The van der Waals surface area contributed by atoms with Crippen molar-refractivity contribution in [1.29, 1.82) is 0 Å². The van der Waals surface area contributed by atoms with Gasteiger partial charge in [0, 0.05) is 12.1 Å². The Morgan fingerprint density at radius 3 is 2.27 bits per heavy atom. The number of carbonyl (C=O) groups excluding carboxylic acids is 1. The third kappa shape index (κ3) is 5.12. The van der Waals surface area contributed by atoms with Crippen LogP contribution in [0.4, 0.5) is 0 Å². The number of rotatable bonds is 5. The molecule has 0 aliphatic carbocycles. The first kappa shape index (κ1) is 19.2. The van der Waals surface area contributed by atoms with Crippen molar-refractivity contribution in [3.63, 3.8) is 0 Å². The van der Waals surface area contributed by atoms with Crippen LogP contribution < -0.4 is 5.32 Å². The van der Waals surface area contributed by atoms with Crippen LogP contribution in [0.25, 0.3) is 0 Å². The van der Waals surface area contributed by atoms with E-state index >= 15 is 0 Å². The number of likely N-dealkylation sites (N-methyl/N-ethyl adjacent to an activating group) is 1. The molecule has 0 atom stereocenters. The average Bonchev–Trinajstić information content (AvgIpc) is 2.36. The topological polar surface area (TPSA) is 66.5 Å². The Morgan fingerprint density at radius 1 is 1.23 bits per heavy atom. The summed E-state index contributed by atoms with van der Waals surface area (Å²) in [6.45, 7) is 7.06. The van der Waals surface area contributed by atoms with Crippen molar-refractivity contribution >= 4 is 39.1 Å². The molecule has 1 aromatic carbocycles. The van der Waals surface area contributed by atoms with E-state index in [0.717, 1.165) is 4.31 Å². The molecule has 124 valence electrons. The van der Waals surface area contributed by atoms with Gasteiger partial charge in [0.05, 0.1) is 21.5 Å². The number of amides is 1. The van der Waals surface area contributed by atoms with E-state index in [-0.39, 0.29) is 33.9 Å². The van der Waals surface area contributed by atoms with Gasteiger partial charge in [0.2, 0.25) is 15.9 Å². The maximum atomic E-state index is 12.6. The second-order valence-electron chi connectivity index (χ2n) is 5.81. The molecule has 1 rings (SSSR count). The Labute approximate surface area is 141 Å². The van der Waals surface area contributed by atoms with Gasteiger partial charge in [-0.25, -0.2) is 8.42 Å². The van der Waals surface area contributed by atoms with Crippen molar-refractivity contribution < 1.29 is 13.2 Å². The molecule has 0 fully saturated rings. The van der Waals surface area contributed by atoms with E-state index in [4.69, 9.17) is 23.2 Å². The SMILES string of the molecule is CCN(CC(=O)NC(C)(C)C)S(=O)(=O)c1ccc(Cl)c(Cl)c1. The molecule has 1 amide bonds. The molecular weight excluding hydrogens is 347 g/mol. The van der Waals surface area contributed by atoms with Crippen LogP contribution in [-0.4, -0.2) is 37.3 Å². The molecule has 0 unspecified atom stereocenters. The quantitative estimate of drug-likeness (QED) is 0.870. The fourth-order valence-electron chi connectivity index (χ4n) is 1.77. The Hall–Kier alpha value is -0.820. The van der Waals surface area contributed by atoms with E-state index in [1.54, 1.807) is 6.92 Å². The molecule has 0 heterocycles. The van der Waals surface area contributed by atoms with Crippen molar-refractivity contribution in [1.82, 2.24) is 9.62 Å². The summed E-state index contributed by atoms with van der Waals surface area (Å²) < 4.78 is 26.2. The van der Waals surface area contributed by atoms with E-state index in [1.165, 1.54) is 18.2 Å². The number of sulfonamides is 1. The molecular formula is C14H20Cl2N2O3S. The lowest BCUT2D eigenvalue weighted by Crippen LogP contribution is -2.47. The number of carbonyl (C=O) groups is 1. The molecule has 0 saturated heterocycles. The average molecular weight is 367 g/mol. The van der Waals surface area contributed by atoms with Crippen molar-refractivity contribution in [3.8, 4) is 0 Å². The van der Waals surface area contributed by atoms with Crippen LogP contribution in [0.1, 0.15) is 27.7 Å². The second-order valence-corrected chi connectivity index (χ2v) is 8.56. The molecule has 0 aliphatic rings. The summed E-state index contributed by atoms with van der Waals surface area (Å²) in [7, 11) is -3.81. The number of hydrogen-bond acceptors (Lipinski definition) is 3. The zero-order chi connectivity index (χ0) is 17.1. The van der Waals surface area contributed by atoms with E-state index in [9.17, 15) is 13.2 Å². The number of nitrogens with zero attached hydrogens (tertiary/aromatic N) is 1. The zero-order valence-corrected chi connectivity index (χ0v) is 15.3. The van der Waals surface area contributed by atoms with Gasteiger partial charge in [-0.2, -0.15) is 4.31 Å². The molecule has 0 spiro atoms. The van der Waals surface area contributed by atoms with Crippen LogP contribution in [0.15, 0.2) is 23.1 Å². The second kappa shape index (κ2) is 7.17. The highest BCUT2D eigenvalue weighted by molar-refractivity contribution is 7.89. The maximum Gasteiger partial charge on any atom is 0.243 e. The fraction of sp³-hybridized carbons (Fsp3) is 0.500. The van der Waals surface area contributed by atoms with E-state index < -0.39 is 15.6 Å². The first-order valence-corrected chi connectivity index (χ1v) is 8.93. The lowest BCUT2D eigenvalue weighted by molar-refractivity contribution is -0.122. The fourth-order valence-corrected chi connectivity index (χ4v) is 3.57. The molecule has 1 N–H and O–H groups in total.